The summed E-state index contributed by atoms with van der Waals surface area (Å²) in [6.45, 7) is 1.99. The molecule has 1 amide bonds. The van der Waals surface area contributed by atoms with Crippen LogP contribution in [0.2, 0.25) is 5.02 Å². The molecule has 4 rings (SSSR count). The Kier molecular flexibility index (Phi) is 6.38. The standard InChI is InChI=1S/C25H25ClF3N3O2/c1-24(32-23(33)15-5-3-4-6-19(15)34-2)11-9-14(10-12-24)21-16(26)7-8-18-22(21)17(30)13-20(31-18)25(27,28)29/h3-8,13-14H,9-12H2,1-2H3,(H2,30,31)(H,32,33). The summed E-state index contributed by atoms with van der Waals surface area (Å²) in [5.74, 6) is 0.268. The summed E-state index contributed by atoms with van der Waals surface area (Å²) >= 11 is 6.52. The Morgan fingerprint density at radius 1 is 1.21 bits per heavy atom. The predicted octanol–water partition coefficient (Wildman–Crippen LogP) is 6.34. The minimum absolute atomic E-state index is 0.00707. The van der Waals surface area contributed by atoms with E-state index >= 15 is 0 Å². The average molecular weight is 492 g/mol. The van der Waals surface area contributed by atoms with Gasteiger partial charge in [0.2, 0.25) is 0 Å². The molecule has 9 heteroatoms. The zero-order valence-corrected chi connectivity index (χ0v) is 19.6. The van der Waals surface area contributed by atoms with Crippen molar-refractivity contribution in [3.05, 3.63) is 64.3 Å². The van der Waals surface area contributed by atoms with Gasteiger partial charge >= 0.3 is 6.18 Å². The fourth-order valence-corrected chi connectivity index (χ4v) is 5.06. The number of fused-ring (bicyclic) bond motifs is 1. The number of carbonyl (C=O) groups is 1. The lowest BCUT2D eigenvalue weighted by molar-refractivity contribution is -0.140. The zero-order chi connectivity index (χ0) is 24.7. The van der Waals surface area contributed by atoms with Crippen molar-refractivity contribution in [1.29, 1.82) is 0 Å². The first-order valence-corrected chi connectivity index (χ1v) is 11.3. The number of para-hydroxylation sites is 1. The average Bonchev–Trinajstić information content (AvgIpc) is 2.79. The molecule has 5 nitrogen and oxygen atoms in total. The maximum absolute atomic E-state index is 13.2. The Balaban J connectivity index is 1.58. The zero-order valence-electron chi connectivity index (χ0n) is 18.8. The normalized spacial score (nSPS) is 20.8. The third kappa shape index (κ3) is 4.64. The Bertz CT molecular complexity index is 1240. The Morgan fingerprint density at radius 2 is 1.88 bits per heavy atom. The van der Waals surface area contributed by atoms with Crippen LogP contribution in [0.5, 0.6) is 5.75 Å². The summed E-state index contributed by atoms with van der Waals surface area (Å²) in [6.07, 6.45) is -1.89. The lowest BCUT2D eigenvalue weighted by Crippen LogP contribution is -2.48. The second-order valence-electron chi connectivity index (χ2n) is 8.94. The van der Waals surface area contributed by atoms with Crippen LogP contribution in [-0.2, 0) is 6.18 Å². The van der Waals surface area contributed by atoms with Gasteiger partial charge in [-0.3, -0.25) is 4.79 Å². The number of anilines is 1. The molecule has 2 aromatic carbocycles. The number of ether oxygens (including phenoxy) is 1. The van der Waals surface area contributed by atoms with Crippen molar-refractivity contribution in [3.8, 4) is 5.75 Å². The van der Waals surface area contributed by atoms with E-state index in [-0.39, 0.29) is 23.0 Å². The lowest BCUT2D eigenvalue weighted by Gasteiger charge is -2.39. The van der Waals surface area contributed by atoms with Crippen molar-refractivity contribution in [1.82, 2.24) is 10.3 Å². The number of aromatic nitrogens is 1. The van der Waals surface area contributed by atoms with E-state index < -0.39 is 17.4 Å². The summed E-state index contributed by atoms with van der Waals surface area (Å²) in [6, 6.07) is 10.9. The van der Waals surface area contributed by atoms with Gasteiger partial charge in [-0.2, -0.15) is 13.2 Å². The van der Waals surface area contributed by atoms with Gasteiger partial charge in [0.15, 0.2) is 0 Å². The van der Waals surface area contributed by atoms with Crippen LogP contribution in [0.25, 0.3) is 10.9 Å². The molecule has 3 N–H and O–H groups in total. The Hall–Kier alpha value is -3.00. The molecule has 0 unspecified atom stereocenters. The number of benzene rings is 2. The third-order valence-electron chi connectivity index (χ3n) is 6.55. The smallest absolute Gasteiger partial charge is 0.433 e. The lowest BCUT2D eigenvalue weighted by atomic mass is 9.74. The van der Waals surface area contributed by atoms with E-state index in [1.807, 2.05) is 6.92 Å². The Morgan fingerprint density at radius 3 is 2.53 bits per heavy atom. The summed E-state index contributed by atoms with van der Waals surface area (Å²) in [7, 11) is 1.52. The number of carbonyl (C=O) groups excluding carboxylic acids is 1. The van der Waals surface area contributed by atoms with Crippen LogP contribution in [-0.4, -0.2) is 23.5 Å². The number of pyridine rings is 1. The number of alkyl halides is 3. The van der Waals surface area contributed by atoms with Gasteiger partial charge in [0.1, 0.15) is 11.4 Å². The molecule has 1 aromatic heterocycles. The molecule has 0 saturated heterocycles. The first-order valence-electron chi connectivity index (χ1n) is 10.9. The minimum atomic E-state index is -4.59. The molecule has 0 spiro atoms. The number of halogens is 4. The number of nitrogens with two attached hydrogens (primary N) is 1. The van der Waals surface area contributed by atoms with Crippen molar-refractivity contribution in [2.45, 2.75) is 50.2 Å². The number of nitrogens with zero attached hydrogens (tertiary/aromatic N) is 1. The number of hydrogen-bond acceptors (Lipinski definition) is 4. The molecule has 1 aliphatic rings. The van der Waals surface area contributed by atoms with Crippen LogP contribution in [0, 0.1) is 0 Å². The van der Waals surface area contributed by atoms with Gasteiger partial charge in [0.25, 0.3) is 5.91 Å². The number of amides is 1. The molecule has 0 aliphatic heterocycles. The SMILES string of the molecule is COc1ccccc1C(=O)NC1(C)CCC(c2c(Cl)ccc3nc(C(F)(F)F)cc(N)c23)CC1. The second kappa shape index (κ2) is 8.98. The second-order valence-corrected chi connectivity index (χ2v) is 9.35. The van der Waals surface area contributed by atoms with Crippen LogP contribution in [0.4, 0.5) is 18.9 Å². The fraction of sp³-hybridized carbons (Fsp3) is 0.360. The molecule has 0 atom stereocenters. The van der Waals surface area contributed by atoms with E-state index in [0.717, 1.165) is 11.6 Å². The van der Waals surface area contributed by atoms with E-state index in [2.05, 4.69) is 10.3 Å². The van der Waals surface area contributed by atoms with Gasteiger partial charge in [-0.25, -0.2) is 4.98 Å². The third-order valence-corrected chi connectivity index (χ3v) is 6.88. The highest BCUT2D eigenvalue weighted by atomic mass is 35.5. The summed E-state index contributed by atoms with van der Waals surface area (Å²) in [5, 5.41) is 4.05. The molecular weight excluding hydrogens is 467 g/mol. The molecule has 3 aromatic rings. The van der Waals surface area contributed by atoms with Gasteiger partial charge in [-0.1, -0.05) is 23.7 Å². The van der Waals surface area contributed by atoms with Crippen LogP contribution in [0.15, 0.2) is 42.5 Å². The quantitative estimate of drug-likeness (QED) is 0.446. The number of nitrogen functional groups attached to an aromatic ring is 1. The first kappa shape index (κ1) is 24.1. The number of nitrogens with one attached hydrogen (secondary N) is 1. The highest BCUT2D eigenvalue weighted by Gasteiger charge is 2.36. The van der Waals surface area contributed by atoms with E-state index in [1.54, 1.807) is 30.3 Å². The van der Waals surface area contributed by atoms with Gasteiger partial charge in [-0.05, 0) is 74.4 Å². The van der Waals surface area contributed by atoms with Gasteiger partial charge in [0.05, 0.1) is 18.2 Å². The van der Waals surface area contributed by atoms with Gasteiger partial charge in [-0.15, -0.1) is 0 Å². The highest BCUT2D eigenvalue weighted by Crippen LogP contribution is 2.45. The molecule has 0 bridgehead atoms. The highest BCUT2D eigenvalue weighted by molar-refractivity contribution is 6.32. The van der Waals surface area contributed by atoms with Crippen molar-refractivity contribution in [2.24, 2.45) is 0 Å². The van der Waals surface area contributed by atoms with Gasteiger partial charge < -0.3 is 15.8 Å². The first-order chi connectivity index (χ1) is 16.0. The van der Waals surface area contributed by atoms with Crippen molar-refractivity contribution in [3.63, 3.8) is 0 Å². The van der Waals surface area contributed by atoms with Crippen LogP contribution >= 0.6 is 11.6 Å². The summed E-state index contributed by atoms with van der Waals surface area (Å²) in [4.78, 5) is 16.7. The van der Waals surface area contributed by atoms with Gasteiger partial charge in [0, 0.05) is 21.6 Å². The molecule has 0 radical (unpaired) electrons. The monoisotopic (exact) mass is 491 g/mol. The summed E-state index contributed by atoms with van der Waals surface area (Å²) in [5.41, 5.74) is 5.96. The topological polar surface area (TPSA) is 77.2 Å². The Labute approximate surface area is 200 Å². The summed E-state index contributed by atoms with van der Waals surface area (Å²) < 4.78 is 44.9. The van der Waals surface area contributed by atoms with E-state index in [0.29, 0.717) is 47.4 Å². The molecule has 1 aliphatic carbocycles. The van der Waals surface area contributed by atoms with Crippen molar-refractivity contribution < 1.29 is 22.7 Å². The van der Waals surface area contributed by atoms with E-state index in [1.165, 1.54) is 13.2 Å². The maximum atomic E-state index is 13.2. The largest absolute Gasteiger partial charge is 0.496 e. The number of rotatable bonds is 4. The minimum Gasteiger partial charge on any atom is -0.496 e. The molecule has 1 fully saturated rings. The number of hydrogen-bond donors (Lipinski definition) is 2. The molecule has 34 heavy (non-hydrogen) atoms. The van der Waals surface area contributed by atoms with E-state index in [4.69, 9.17) is 22.1 Å². The molecule has 1 saturated carbocycles. The fourth-order valence-electron chi connectivity index (χ4n) is 4.75. The van der Waals surface area contributed by atoms with Crippen molar-refractivity contribution >= 4 is 34.1 Å². The van der Waals surface area contributed by atoms with Crippen LogP contribution < -0.4 is 15.8 Å². The van der Waals surface area contributed by atoms with E-state index in [9.17, 15) is 18.0 Å². The van der Waals surface area contributed by atoms with Crippen LogP contribution in [0.3, 0.4) is 0 Å². The molecule has 1 heterocycles. The van der Waals surface area contributed by atoms with Crippen molar-refractivity contribution in [2.75, 3.05) is 12.8 Å². The predicted molar refractivity (Wildman–Crippen MR) is 126 cm³/mol. The van der Waals surface area contributed by atoms with Crippen LogP contribution in [0.1, 0.15) is 60.1 Å². The molecular formula is C25H25ClF3N3O2. The maximum Gasteiger partial charge on any atom is 0.433 e. The number of methoxy groups -OCH3 is 1. The molecule has 180 valence electrons.